The Labute approximate surface area is 195 Å². The van der Waals surface area contributed by atoms with Gasteiger partial charge in [0.15, 0.2) is 0 Å². The number of imidazole rings is 1. The number of amides is 2. The average molecular weight is 451 g/mol. The zero-order valence-corrected chi connectivity index (χ0v) is 19.8. The lowest BCUT2D eigenvalue weighted by Crippen LogP contribution is -2.33. The van der Waals surface area contributed by atoms with Crippen LogP contribution in [-0.4, -0.2) is 53.0 Å². The fraction of sp³-hybridized carbons (Fsp3) is 0.423. The maximum atomic E-state index is 12.7. The highest BCUT2D eigenvalue weighted by Gasteiger charge is 2.16. The number of fused-ring (bicyclic) bond motifs is 1. The first kappa shape index (κ1) is 24.3. The van der Waals surface area contributed by atoms with Gasteiger partial charge in [-0.3, -0.25) is 9.59 Å². The molecule has 0 atom stereocenters. The molecule has 7 heteroatoms. The number of methoxy groups -OCH3 is 1. The normalized spacial score (nSPS) is 10.9. The summed E-state index contributed by atoms with van der Waals surface area (Å²) in [5, 5.41) is 2.97. The van der Waals surface area contributed by atoms with E-state index < -0.39 is 0 Å². The molecule has 176 valence electrons. The predicted octanol–water partition coefficient (Wildman–Crippen LogP) is 4.06. The fourth-order valence-electron chi connectivity index (χ4n) is 3.94. The number of aromatic nitrogens is 2. The zero-order chi connectivity index (χ0) is 23.6. The van der Waals surface area contributed by atoms with E-state index >= 15 is 0 Å². The Balaban J connectivity index is 1.51. The van der Waals surface area contributed by atoms with Crippen LogP contribution in [0.1, 0.15) is 49.3 Å². The number of hydrogen-bond donors (Lipinski definition) is 1. The molecule has 0 aliphatic heterocycles. The van der Waals surface area contributed by atoms with Crippen LogP contribution in [0.15, 0.2) is 48.5 Å². The highest BCUT2D eigenvalue weighted by molar-refractivity contribution is 5.94. The molecule has 0 aliphatic carbocycles. The van der Waals surface area contributed by atoms with Gasteiger partial charge >= 0.3 is 0 Å². The summed E-state index contributed by atoms with van der Waals surface area (Å²) in [5.74, 6) is 1.72. The van der Waals surface area contributed by atoms with Crippen molar-refractivity contribution in [2.24, 2.45) is 0 Å². The van der Waals surface area contributed by atoms with Crippen molar-refractivity contribution in [3.63, 3.8) is 0 Å². The number of carbonyl (C=O) groups excluding carboxylic acids is 2. The number of rotatable bonds is 12. The fourth-order valence-corrected chi connectivity index (χ4v) is 3.94. The average Bonchev–Trinajstić information content (AvgIpc) is 3.19. The number of carbonyl (C=O) groups is 2. The molecule has 0 unspecified atom stereocenters. The van der Waals surface area contributed by atoms with Gasteiger partial charge in [-0.2, -0.15) is 0 Å². The van der Waals surface area contributed by atoms with Crippen LogP contribution >= 0.6 is 0 Å². The monoisotopic (exact) mass is 450 g/mol. The molecule has 0 aliphatic rings. The third kappa shape index (κ3) is 6.34. The van der Waals surface area contributed by atoms with E-state index in [1.54, 1.807) is 31.4 Å². The van der Waals surface area contributed by atoms with Crippen LogP contribution in [-0.2, 0) is 17.8 Å². The molecule has 0 radical (unpaired) electrons. The lowest BCUT2D eigenvalue weighted by Gasteiger charge is -2.20. The minimum Gasteiger partial charge on any atom is -0.497 e. The van der Waals surface area contributed by atoms with E-state index in [9.17, 15) is 9.59 Å². The number of para-hydroxylation sites is 2. The predicted molar refractivity (Wildman–Crippen MR) is 131 cm³/mol. The van der Waals surface area contributed by atoms with E-state index in [1.807, 2.05) is 43.0 Å². The van der Waals surface area contributed by atoms with Crippen LogP contribution < -0.4 is 10.1 Å². The molecular formula is C26H34N4O3. The lowest BCUT2D eigenvalue weighted by atomic mass is 10.1. The molecule has 33 heavy (non-hydrogen) atoms. The molecule has 0 spiro atoms. The highest BCUT2D eigenvalue weighted by atomic mass is 16.5. The first-order valence-electron chi connectivity index (χ1n) is 11.7. The van der Waals surface area contributed by atoms with Crippen LogP contribution in [0.2, 0.25) is 0 Å². The molecule has 0 saturated carbocycles. The molecule has 0 saturated heterocycles. The van der Waals surface area contributed by atoms with Crippen LogP contribution in [0, 0.1) is 0 Å². The number of ether oxygens (including phenoxy) is 1. The van der Waals surface area contributed by atoms with Gasteiger partial charge in [-0.25, -0.2) is 4.98 Å². The second-order valence-electron chi connectivity index (χ2n) is 7.96. The minimum absolute atomic E-state index is 0.0747. The largest absolute Gasteiger partial charge is 0.497 e. The SMILES string of the molecule is CCN(CC)C(=O)Cn1c(CCCCCNC(=O)c2ccc(OC)cc2)nc2ccccc21. The smallest absolute Gasteiger partial charge is 0.251 e. The maximum Gasteiger partial charge on any atom is 0.251 e. The maximum absolute atomic E-state index is 12.7. The highest BCUT2D eigenvalue weighted by Crippen LogP contribution is 2.18. The molecule has 7 nitrogen and oxygen atoms in total. The number of likely N-dealkylation sites (N-methyl/N-ethyl adjacent to an activating group) is 1. The zero-order valence-electron chi connectivity index (χ0n) is 19.8. The first-order valence-corrected chi connectivity index (χ1v) is 11.7. The van der Waals surface area contributed by atoms with Crippen molar-refractivity contribution < 1.29 is 14.3 Å². The van der Waals surface area contributed by atoms with Crippen molar-refractivity contribution in [1.29, 1.82) is 0 Å². The Kier molecular flexibility index (Phi) is 8.87. The van der Waals surface area contributed by atoms with E-state index in [-0.39, 0.29) is 11.8 Å². The summed E-state index contributed by atoms with van der Waals surface area (Å²) in [7, 11) is 1.60. The van der Waals surface area contributed by atoms with Gasteiger partial charge in [-0.1, -0.05) is 18.6 Å². The van der Waals surface area contributed by atoms with Gasteiger partial charge in [0.2, 0.25) is 5.91 Å². The van der Waals surface area contributed by atoms with Crippen LogP contribution in [0.4, 0.5) is 0 Å². The van der Waals surface area contributed by atoms with Gasteiger partial charge in [-0.05, 0) is 63.1 Å². The topological polar surface area (TPSA) is 76.5 Å². The number of unbranched alkanes of at least 4 members (excludes halogenated alkanes) is 2. The van der Waals surface area contributed by atoms with E-state index in [2.05, 4.69) is 9.88 Å². The standard InChI is InChI=1S/C26H34N4O3/c1-4-29(5-2)25(31)19-30-23-12-9-8-11-22(23)28-24(30)13-7-6-10-18-27-26(32)20-14-16-21(33-3)17-15-20/h8-9,11-12,14-17H,4-7,10,13,18-19H2,1-3H3,(H,27,32). The summed E-state index contributed by atoms with van der Waals surface area (Å²) in [5.41, 5.74) is 2.55. The Bertz CT molecular complexity index is 1060. The quantitative estimate of drug-likeness (QED) is 0.422. The van der Waals surface area contributed by atoms with Gasteiger partial charge in [0.25, 0.3) is 5.91 Å². The molecule has 2 amide bonds. The number of nitrogens with zero attached hydrogens (tertiary/aromatic N) is 3. The van der Waals surface area contributed by atoms with Crippen LogP contribution in [0.25, 0.3) is 11.0 Å². The minimum atomic E-state index is -0.0747. The van der Waals surface area contributed by atoms with Gasteiger partial charge in [-0.15, -0.1) is 0 Å². The Morgan fingerprint density at radius 3 is 2.42 bits per heavy atom. The van der Waals surface area contributed by atoms with Crippen molar-refractivity contribution in [3.05, 3.63) is 59.9 Å². The summed E-state index contributed by atoms with van der Waals surface area (Å²) in [6.07, 6.45) is 3.60. The molecule has 1 heterocycles. The van der Waals surface area contributed by atoms with Crippen molar-refractivity contribution in [3.8, 4) is 5.75 Å². The Morgan fingerprint density at radius 1 is 1.00 bits per heavy atom. The molecule has 2 aromatic carbocycles. The van der Waals surface area contributed by atoms with Crippen molar-refractivity contribution in [1.82, 2.24) is 19.8 Å². The summed E-state index contributed by atoms with van der Waals surface area (Å²) < 4.78 is 7.18. The summed E-state index contributed by atoms with van der Waals surface area (Å²) >= 11 is 0. The second-order valence-corrected chi connectivity index (χ2v) is 7.96. The molecule has 0 fully saturated rings. The van der Waals surface area contributed by atoms with Gasteiger partial charge in [0, 0.05) is 31.6 Å². The van der Waals surface area contributed by atoms with E-state index in [0.717, 1.165) is 48.3 Å². The van der Waals surface area contributed by atoms with E-state index in [0.29, 0.717) is 31.7 Å². The first-order chi connectivity index (χ1) is 16.1. The summed E-state index contributed by atoms with van der Waals surface area (Å²) in [4.78, 5) is 31.6. The molecular weight excluding hydrogens is 416 g/mol. The van der Waals surface area contributed by atoms with Crippen LogP contribution in [0.3, 0.4) is 0 Å². The molecule has 1 aromatic heterocycles. The summed E-state index contributed by atoms with van der Waals surface area (Å²) in [6.45, 7) is 6.36. The van der Waals surface area contributed by atoms with Crippen molar-refractivity contribution in [2.45, 2.75) is 46.1 Å². The van der Waals surface area contributed by atoms with E-state index in [1.165, 1.54) is 0 Å². The molecule has 1 N–H and O–H groups in total. The number of nitrogens with one attached hydrogen (secondary N) is 1. The van der Waals surface area contributed by atoms with Crippen molar-refractivity contribution in [2.75, 3.05) is 26.7 Å². The van der Waals surface area contributed by atoms with Gasteiger partial charge in [0.1, 0.15) is 18.1 Å². The van der Waals surface area contributed by atoms with Gasteiger partial charge in [0.05, 0.1) is 18.1 Å². The number of aryl methyl sites for hydroxylation is 1. The second kappa shape index (κ2) is 12.0. The number of hydrogen-bond acceptors (Lipinski definition) is 4. The lowest BCUT2D eigenvalue weighted by molar-refractivity contribution is -0.131. The van der Waals surface area contributed by atoms with Gasteiger partial charge < -0.3 is 19.5 Å². The Hall–Kier alpha value is -3.35. The molecule has 0 bridgehead atoms. The summed E-state index contributed by atoms with van der Waals surface area (Å²) in [6, 6.07) is 15.1. The van der Waals surface area contributed by atoms with E-state index in [4.69, 9.17) is 9.72 Å². The van der Waals surface area contributed by atoms with Crippen molar-refractivity contribution >= 4 is 22.8 Å². The van der Waals surface area contributed by atoms with Crippen LogP contribution in [0.5, 0.6) is 5.75 Å². The third-order valence-corrected chi connectivity index (χ3v) is 5.86. The third-order valence-electron chi connectivity index (χ3n) is 5.86. The molecule has 3 aromatic rings. The Morgan fingerprint density at radius 2 is 1.73 bits per heavy atom. The number of benzene rings is 2. The molecule has 3 rings (SSSR count).